The SMILES string of the molecule is CCCC(C(=O)N1CCN(CC(=O)NC(C)CC)CC1)c1ccccc1. The molecule has 1 aliphatic rings. The van der Waals surface area contributed by atoms with Gasteiger partial charge in [0.25, 0.3) is 0 Å². The third kappa shape index (κ3) is 5.84. The Morgan fingerprint density at radius 3 is 2.31 bits per heavy atom. The van der Waals surface area contributed by atoms with Gasteiger partial charge in [-0.05, 0) is 25.3 Å². The van der Waals surface area contributed by atoms with E-state index in [1.54, 1.807) is 0 Å². The average molecular weight is 360 g/mol. The zero-order valence-corrected chi connectivity index (χ0v) is 16.4. The van der Waals surface area contributed by atoms with E-state index in [0.29, 0.717) is 19.6 Å². The highest BCUT2D eigenvalue weighted by atomic mass is 16.2. The first-order chi connectivity index (χ1) is 12.5. The van der Waals surface area contributed by atoms with Gasteiger partial charge in [-0.25, -0.2) is 0 Å². The van der Waals surface area contributed by atoms with Crippen LogP contribution in [0.2, 0.25) is 0 Å². The lowest BCUT2D eigenvalue weighted by Gasteiger charge is -2.36. The van der Waals surface area contributed by atoms with E-state index in [1.807, 2.05) is 42.2 Å². The average Bonchev–Trinajstić information content (AvgIpc) is 2.66. The third-order valence-corrected chi connectivity index (χ3v) is 5.15. The number of nitrogens with one attached hydrogen (secondary N) is 1. The maximum atomic E-state index is 13.0. The Bertz CT molecular complexity index is 568. The molecule has 1 aromatic carbocycles. The van der Waals surface area contributed by atoms with Gasteiger partial charge < -0.3 is 10.2 Å². The molecule has 144 valence electrons. The number of hydrogen-bond donors (Lipinski definition) is 1. The second-order valence-electron chi connectivity index (χ2n) is 7.23. The molecule has 5 nitrogen and oxygen atoms in total. The van der Waals surface area contributed by atoms with Gasteiger partial charge in [0, 0.05) is 32.2 Å². The number of carbonyl (C=O) groups excluding carboxylic acids is 2. The predicted octanol–water partition coefficient (Wildman–Crippen LogP) is 2.63. The van der Waals surface area contributed by atoms with Gasteiger partial charge in [-0.2, -0.15) is 0 Å². The smallest absolute Gasteiger partial charge is 0.234 e. The summed E-state index contributed by atoms with van der Waals surface area (Å²) in [5.41, 5.74) is 1.11. The Labute approximate surface area is 157 Å². The van der Waals surface area contributed by atoms with Crippen LogP contribution >= 0.6 is 0 Å². The van der Waals surface area contributed by atoms with Crippen molar-refractivity contribution in [1.82, 2.24) is 15.1 Å². The minimum absolute atomic E-state index is 0.0542. The zero-order chi connectivity index (χ0) is 18.9. The molecule has 1 aromatic rings. The summed E-state index contributed by atoms with van der Waals surface area (Å²) in [4.78, 5) is 29.2. The topological polar surface area (TPSA) is 52.7 Å². The summed E-state index contributed by atoms with van der Waals surface area (Å²) in [7, 11) is 0. The number of hydrogen-bond acceptors (Lipinski definition) is 3. The summed E-state index contributed by atoms with van der Waals surface area (Å²) in [6, 6.07) is 10.3. The highest BCUT2D eigenvalue weighted by molar-refractivity contribution is 5.84. The maximum absolute atomic E-state index is 13.0. The van der Waals surface area contributed by atoms with Crippen LogP contribution in [0.4, 0.5) is 0 Å². The molecule has 1 aliphatic heterocycles. The van der Waals surface area contributed by atoms with Gasteiger partial charge in [0.15, 0.2) is 0 Å². The number of piperazine rings is 1. The Morgan fingerprint density at radius 1 is 1.08 bits per heavy atom. The van der Waals surface area contributed by atoms with Crippen molar-refractivity contribution < 1.29 is 9.59 Å². The van der Waals surface area contributed by atoms with Crippen LogP contribution in [0.5, 0.6) is 0 Å². The van der Waals surface area contributed by atoms with Crippen molar-refractivity contribution in [2.24, 2.45) is 0 Å². The molecule has 2 unspecified atom stereocenters. The van der Waals surface area contributed by atoms with Crippen LogP contribution in [0.25, 0.3) is 0 Å². The van der Waals surface area contributed by atoms with Gasteiger partial charge in [0.2, 0.25) is 11.8 Å². The molecule has 1 fully saturated rings. The van der Waals surface area contributed by atoms with Crippen molar-refractivity contribution in [1.29, 1.82) is 0 Å². The summed E-state index contributed by atoms with van der Waals surface area (Å²) >= 11 is 0. The number of amides is 2. The number of nitrogens with zero attached hydrogens (tertiary/aromatic N) is 2. The molecule has 1 saturated heterocycles. The van der Waals surface area contributed by atoms with E-state index in [1.165, 1.54) is 0 Å². The fourth-order valence-electron chi connectivity index (χ4n) is 3.38. The van der Waals surface area contributed by atoms with Crippen LogP contribution in [-0.2, 0) is 9.59 Å². The van der Waals surface area contributed by atoms with Crippen LogP contribution in [0.15, 0.2) is 30.3 Å². The standard InChI is InChI=1S/C21H33N3O2/c1-4-9-19(18-10-7-6-8-11-18)21(26)24-14-12-23(13-15-24)16-20(25)22-17(3)5-2/h6-8,10-11,17,19H,4-5,9,12-16H2,1-3H3,(H,22,25). The fraction of sp³-hybridized carbons (Fsp3) is 0.619. The monoisotopic (exact) mass is 359 g/mol. The number of carbonyl (C=O) groups is 2. The molecule has 2 amide bonds. The molecule has 1 heterocycles. The van der Waals surface area contributed by atoms with Gasteiger partial charge in [-0.15, -0.1) is 0 Å². The quantitative estimate of drug-likeness (QED) is 0.776. The molecule has 0 radical (unpaired) electrons. The maximum Gasteiger partial charge on any atom is 0.234 e. The van der Waals surface area contributed by atoms with Crippen molar-refractivity contribution in [2.45, 2.75) is 52.0 Å². The van der Waals surface area contributed by atoms with E-state index >= 15 is 0 Å². The first kappa shape index (κ1) is 20.4. The molecule has 2 atom stereocenters. The highest BCUT2D eigenvalue weighted by Gasteiger charge is 2.28. The van der Waals surface area contributed by atoms with Crippen LogP contribution in [0.3, 0.4) is 0 Å². The summed E-state index contributed by atoms with van der Waals surface area (Å²) < 4.78 is 0. The third-order valence-electron chi connectivity index (χ3n) is 5.15. The first-order valence-electron chi connectivity index (χ1n) is 9.90. The Kier molecular flexibility index (Phi) is 8.10. The Hall–Kier alpha value is -1.88. The van der Waals surface area contributed by atoms with Crippen molar-refractivity contribution in [3.63, 3.8) is 0 Å². The lowest BCUT2D eigenvalue weighted by molar-refractivity contribution is -0.135. The minimum atomic E-state index is -0.0542. The second kappa shape index (κ2) is 10.3. The number of benzene rings is 1. The van der Waals surface area contributed by atoms with Crippen molar-refractivity contribution in [2.75, 3.05) is 32.7 Å². The molecule has 0 saturated carbocycles. The lowest BCUT2D eigenvalue weighted by atomic mass is 9.93. The molecule has 0 spiro atoms. The summed E-state index contributed by atoms with van der Waals surface area (Å²) in [5, 5.41) is 3.01. The highest BCUT2D eigenvalue weighted by Crippen LogP contribution is 2.24. The molecule has 2 rings (SSSR count). The van der Waals surface area contributed by atoms with E-state index in [4.69, 9.17) is 0 Å². The summed E-state index contributed by atoms with van der Waals surface area (Å²) in [6.07, 6.45) is 2.80. The van der Waals surface area contributed by atoms with Gasteiger partial charge in [0.1, 0.15) is 0 Å². The predicted molar refractivity (Wildman–Crippen MR) is 105 cm³/mol. The number of rotatable bonds is 8. The molecule has 0 aliphatic carbocycles. The normalized spacial score (nSPS) is 17.6. The van der Waals surface area contributed by atoms with Gasteiger partial charge >= 0.3 is 0 Å². The first-order valence-corrected chi connectivity index (χ1v) is 9.90. The second-order valence-corrected chi connectivity index (χ2v) is 7.23. The molecule has 5 heteroatoms. The van der Waals surface area contributed by atoms with E-state index in [2.05, 4.69) is 24.1 Å². The summed E-state index contributed by atoms with van der Waals surface area (Å²) in [5.74, 6) is 0.246. The summed E-state index contributed by atoms with van der Waals surface area (Å²) in [6.45, 7) is 9.53. The Morgan fingerprint density at radius 2 is 1.73 bits per heavy atom. The van der Waals surface area contributed by atoms with Gasteiger partial charge in [-0.3, -0.25) is 14.5 Å². The molecular weight excluding hydrogens is 326 g/mol. The van der Waals surface area contributed by atoms with E-state index < -0.39 is 0 Å². The zero-order valence-electron chi connectivity index (χ0n) is 16.4. The molecule has 1 N–H and O–H groups in total. The van der Waals surface area contributed by atoms with E-state index in [-0.39, 0.29) is 23.8 Å². The molecule has 26 heavy (non-hydrogen) atoms. The van der Waals surface area contributed by atoms with Gasteiger partial charge in [0.05, 0.1) is 12.5 Å². The van der Waals surface area contributed by atoms with E-state index in [0.717, 1.165) is 37.9 Å². The van der Waals surface area contributed by atoms with Crippen LogP contribution < -0.4 is 5.32 Å². The van der Waals surface area contributed by atoms with Crippen molar-refractivity contribution in [3.8, 4) is 0 Å². The van der Waals surface area contributed by atoms with Crippen molar-refractivity contribution in [3.05, 3.63) is 35.9 Å². The minimum Gasteiger partial charge on any atom is -0.353 e. The fourth-order valence-corrected chi connectivity index (χ4v) is 3.38. The molecule has 0 aromatic heterocycles. The lowest BCUT2D eigenvalue weighted by Crippen LogP contribution is -2.52. The van der Waals surface area contributed by atoms with Gasteiger partial charge in [-0.1, -0.05) is 50.6 Å². The van der Waals surface area contributed by atoms with Crippen LogP contribution in [0.1, 0.15) is 51.5 Å². The molecular formula is C21H33N3O2. The van der Waals surface area contributed by atoms with Crippen molar-refractivity contribution >= 4 is 11.8 Å². The molecule has 0 bridgehead atoms. The van der Waals surface area contributed by atoms with Crippen LogP contribution in [0, 0.1) is 0 Å². The van der Waals surface area contributed by atoms with E-state index in [9.17, 15) is 9.59 Å². The Balaban J connectivity index is 1.87. The van der Waals surface area contributed by atoms with Crippen LogP contribution in [-0.4, -0.2) is 60.4 Å². The largest absolute Gasteiger partial charge is 0.353 e.